The molecular formula is C16H18ClNO. The smallest absolute Gasteiger partial charge is 0.0748 e. The lowest BCUT2D eigenvalue weighted by Gasteiger charge is -2.21. The minimum absolute atomic E-state index is 0.0229. The number of anilines is 1. The maximum Gasteiger partial charge on any atom is 0.0748 e. The molecule has 0 heterocycles. The fourth-order valence-corrected chi connectivity index (χ4v) is 2.39. The Morgan fingerprint density at radius 2 is 1.89 bits per heavy atom. The van der Waals surface area contributed by atoms with Crippen molar-refractivity contribution >= 4 is 17.3 Å². The van der Waals surface area contributed by atoms with Gasteiger partial charge in [0.05, 0.1) is 23.4 Å². The maximum atomic E-state index is 9.62. The van der Waals surface area contributed by atoms with Crippen LogP contribution in [0.25, 0.3) is 0 Å². The molecule has 0 spiro atoms. The van der Waals surface area contributed by atoms with Crippen molar-refractivity contribution in [1.82, 2.24) is 0 Å². The first kappa shape index (κ1) is 13.9. The number of nitrogens with one attached hydrogen (secondary N) is 1. The lowest BCUT2D eigenvalue weighted by atomic mass is 9.99. The van der Waals surface area contributed by atoms with E-state index < -0.39 is 0 Å². The van der Waals surface area contributed by atoms with Gasteiger partial charge in [-0.05, 0) is 37.1 Å². The summed E-state index contributed by atoms with van der Waals surface area (Å²) in [6, 6.07) is 13.6. The Hall–Kier alpha value is -1.51. The van der Waals surface area contributed by atoms with E-state index in [4.69, 9.17) is 11.6 Å². The number of hydrogen-bond donors (Lipinski definition) is 2. The fourth-order valence-electron chi connectivity index (χ4n) is 2.20. The lowest BCUT2D eigenvalue weighted by Crippen LogP contribution is -2.16. The van der Waals surface area contributed by atoms with E-state index in [-0.39, 0.29) is 12.6 Å². The summed E-state index contributed by atoms with van der Waals surface area (Å²) in [5.41, 5.74) is 4.31. The second-order valence-corrected chi connectivity index (χ2v) is 5.13. The average Bonchev–Trinajstić information content (AvgIpc) is 2.39. The van der Waals surface area contributed by atoms with Crippen molar-refractivity contribution in [2.75, 3.05) is 11.9 Å². The van der Waals surface area contributed by atoms with Crippen LogP contribution in [0.3, 0.4) is 0 Å². The van der Waals surface area contributed by atoms with Gasteiger partial charge in [0, 0.05) is 0 Å². The van der Waals surface area contributed by atoms with E-state index in [1.165, 1.54) is 11.1 Å². The van der Waals surface area contributed by atoms with Gasteiger partial charge in [-0.15, -0.1) is 0 Å². The molecule has 2 rings (SSSR count). The monoisotopic (exact) mass is 275 g/mol. The highest BCUT2D eigenvalue weighted by Gasteiger charge is 2.13. The number of rotatable bonds is 4. The van der Waals surface area contributed by atoms with Crippen LogP contribution in [-0.4, -0.2) is 11.7 Å². The Bertz CT molecular complexity index is 568. The van der Waals surface area contributed by atoms with Gasteiger partial charge in [0.15, 0.2) is 0 Å². The number of aryl methyl sites for hydroxylation is 2. The molecule has 2 aromatic carbocycles. The van der Waals surface area contributed by atoms with Crippen LogP contribution in [0.5, 0.6) is 0 Å². The Morgan fingerprint density at radius 3 is 2.53 bits per heavy atom. The predicted molar refractivity (Wildman–Crippen MR) is 80.8 cm³/mol. The molecule has 0 aliphatic rings. The molecule has 0 bridgehead atoms. The zero-order valence-electron chi connectivity index (χ0n) is 11.2. The Labute approximate surface area is 119 Å². The van der Waals surface area contributed by atoms with E-state index in [1.54, 1.807) is 0 Å². The molecule has 2 N–H and O–H groups in total. The summed E-state index contributed by atoms with van der Waals surface area (Å²) in [4.78, 5) is 0. The van der Waals surface area contributed by atoms with Crippen LogP contribution in [-0.2, 0) is 0 Å². The van der Waals surface area contributed by atoms with Crippen LogP contribution in [0.4, 0.5) is 5.69 Å². The number of halogens is 1. The molecule has 0 saturated heterocycles. The molecular weight excluding hydrogens is 258 g/mol. The summed E-state index contributed by atoms with van der Waals surface area (Å²) in [7, 11) is 0. The van der Waals surface area contributed by atoms with Crippen molar-refractivity contribution < 1.29 is 5.11 Å². The normalized spacial score (nSPS) is 12.2. The van der Waals surface area contributed by atoms with Gasteiger partial charge in [-0.3, -0.25) is 0 Å². The van der Waals surface area contributed by atoms with Crippen LogP contribution in [0.15, 0.2) is 42.5 Å². The topological polar surface area (TPSA) is 32.3 Å². The Balaban J connectivity index is 2.28. The minimum atomic E-state index is -0.152. The Kier molecular flexibility index (Phi) is 4.46. The maximum absolute atomic E-state index is 9.62. The van der Waals surface area contributed by atoms with Crippen molar-refractivity contribution in [3.8, 4) is 0 Å². The zero-order valence-corrected chi connectivity index (χ0v) is 11.9. The highest BCUT2D eigenvalue weighted by molar-refractivity contribution is 6.33. The molecule has 1 unspecified atom stereocenters. The van der Waals surface area contributed by atoms with E-state index in [0.717, 1.165) is 11.3 Å². The van der Waals surface area contributed by atoms with Gasteiger partial charge in [0.2, 0.25) is 0 Å². The van der Waals surface area contributed by atoms with Gasteiger partial charge in [0.1, 0.15) is 0 Å². The van der Waals surface area contributed by atoms with Crippen molar-refractivity contribution in [2.45, 2.75) is 19.9 Å². The second kappa shape index (κ2) is 6.09. The molecule has 2 nitrogen and oxygen atoms in total. The first-order valence-corrected chi connectivity index (χ1v) is 6.68. The van der Waals surface area contributed by atoms with Crippen LogP contribution in [0.1, 0.15) is 22.7 Å². The third-order valence-electron chi connectivity index (χ3n) is 3.19. The number of hydrogen-bond acceptors (Lipinski definition) is 2. The van der Waals surface area contributed by atoms with Crippen molar-refractivity contribution in [3.05, 3.63) is 64.2 Å². The number of benzene rings is 2. The highest BCUT2D eigenvalue weighted by atomic mass is 35.5. The quantitative estimate of drug-likeness (QED) is 0.880. The third kappa shape index (κ3) is 3.28. The van der Waals surface area contributed by atoms with Crippen LogP contribution in [0.2, 0.25) is 5.02 Å². The van der Waals surface area contributed by atoms with Crippen LogP contribution in [0, 0.1) is 13.8 Å². The summed E-state index contributed by atoms with van der Waals surface area (Å²) in [5.74, 6) is 0. The number of aliphatic hydroxyl groups is 1. The number of para-hydroxylation sites is 1. The molecule has 2 aromatic rings. The molecule has 0 saturated carbocycles. The van der Waals surface area contributed by atoms with Gasteiger partial charge < -0.3 is 10.4 Å². The first-order valence-electron chi connectivity index (χ1n) is 6.31. The van der Waals surface area contributed by atoms with Gasteiger partial charge in [-0.1, -0.05) is 47.5 Å². The Morgan fingerprint density at radius 1 is 1.16 bits per heavy atom. The molecule has 0 amide bonds. The third-order valence-corrected chi connectivity index (χ3v) is 3.52. The van der Waals surface area contributed by atoms with Crippen LogP contribution >= 0.6 is 11.6 Å². The van der Waals surface area contributed by atoms with Crippen molar-refractivity contribution in [1.29, 1.82) is 0 Å². The van der Waals surface area contributed by atoms with E-state index in [0.29, 0.717) is 5.02 Å². The van der Waals surface area contributed by atoms with Crippen LogP contribution < -0.4 is 5.32 Å². The molecule has 0 fully saturated rings. The standard InChI is InChI=1S/C16H18ClNO/c1-11-7-8-13(12(2)9-11)16(10-19)18-15-6-4-3-5-14(15)17/h3-9,16,18-19H,10H2,1-2H3. The summed E-state index contributed by atoms with van der Waals surface area (Å²) >= 11 is 6.13. The van der Waals surface area contributed by atoms with Gasteiger partial charge in [-0.25, -0.2) is 0 Å². The molecule has 1 atom stereocenters. The predicted octanol–water partition coefficient (Wildman–Crippen LogP) is 4.10. The van der Waals surface area contributed by atoms with Crippen molar-refractivity contribution in [2.24, 2.45) is 0 Å². The van der Waals surface area contributed by atoms with Crippen molar-refractivity contribution in [3.63, 3.8) is 0 Å². The first-order chi connectivity index (χ1) is 9.11. The molecule has 0 radical (unpaired) electrons. The molecule has 0 aromatic heterocycles. The van der Waals surface area contributed by atoms with E-state index >= 15 is 0 Å². The van der Waals surface area contributed by atoms with Gasteiger partial charge in [-0.2, -0.15) is 0 Å². The molecule has 100 valence electrons. The minimum Gasteiger partial charge on any atom is -0.394 e. The highest BCUT2D eigenvalue weighted by Crippen LogP contribution is 2.27. The van der Waals surface area contributed by atoms with Gasteiger partial charge >= 0.3 is 0 Å². The molecule has 0 aliphatic carbocycles. The zero-order chi connectivity index (χ0) is 13.8. The average molecular weight is 276 g/mol. The molecule has 3 heteroatoms. The molecule has 0 aliphatic heterocycles. The number of aliphatic hydroxyl groups excluding tert-OH is 1. The largest absolute Gasteiger partial charge is 0.394 e. The summed E-state index contributed by atoms with van der Waals surface area (Å²) in [5, 5.41) is 13.6. The lowest BCUT2D eigenvalue weighted by molar-refractivity contribution is 0.276. The van der Waals surface area contributed by atoms with E-state index in [2.05, 4.69) is 37.4 Å². The molecule has 19 heavy (non-hydrogen) atoms. The van der Waals surface area contributed by atoms with Gasteiger partial charge in [0.25, 0.3) is 0 Å². The van der Waals surface area contributed by atoms with E-state index in [1.807, 2.05) is 24.3 Å². The van der Waals surface area contributed by atoms with E-state index in [9.17, 15) is 5.11 Å². The second-order valence-electron chi connectivity index (χ2n) is 4.72. The summed E-state index contributed by atoms with van der Waals surface area (Å²) in [6.07, 6.45) is 0. The summed E-state index contributed by atoms with van der Waals surface area (Å²) < 4.78 is 0. The fraction of sp³-hybridized carbons (Fsp3) is 0.250. The summed E-state index contributed by atoms with van der Waals surface area (Å²) in [6.45, 7) is 4.14. The SMILES string of the molecule is Cc1ccc(C(CO)Nc2ccccc2Cl)c(C)c1.